The summed E-state index contributed by atoms with van der Waals surface area (Å²) in [6.07, 6.45) is 0. The van der Waals surface area contributed by atoms with Crippen LogP contribution in [0.2, 0.25) is 0 Å². The predicted octanol–water partition coefficient (Wildman–Crippen LogP) is 22.6. The Morgan fingerprint density at radius 3 is 1.05 bits per heavy atom. The summed E-state index contributed by atoms with van der Waals surface area (Å²) in [4.78, 5) is 34.3. The number of rotatable bonds is 11. The number of hydrogen-bond acceptors (Lipinski definition) is 8. The minimum absolute atomic E-state index is 0.00137. The third-order valence-electron chi connectivity index (χ3n) is 19.9. The number of aromatic nitrogens is 8. The van der Waals surface area contributed by atoms with Crippen molar-refractivity contribution >= 4 is 101 Å². The molecule has 10 nitrogen and oxygen atoms in total. The van der Waals surface area contributed by atoms with E-state index in [1.165, 1.54) is 9.13 Å². The zero-order valence-corrected chi connectivity index (χ0v) is 58.9. The smallest absolute Gasteiger partial charge is 0.252 e. The van der Waals surface area contributed by atoms with Crippen molar-refractivity contribution in [2.24, 2.45) is 0 Å². The number of benzene rings is 14. The minimum atomic E-state index is -1.28. The highest BCUT2D eigenvalue weighted by atomic mass is 15.2. The van der Waals surface area contributed by atoms with Crippen LogP contribution in [0.4, 0.5) is 34.1 Å². The van der Waals surface area contributed by atoms with Crippen LogP contribution in [-0.4, -0.2) is 45.8 Å². The molecule has 109 heavy (non-hydrogen) atoms. The van der Waals surface area contributed by atoms with Crippen LogP contribution in [0, 0.1) is 0 Å². The van der Waals surface area contributed by atoms with E-state index in [0.717, 1.165) is 0 Å². The summed E-state index contributed by atoms with van der Waals surface area (Å²) >= 11 is 0. The molecule has 20 rings (SSSR count). The van der Waals surface area contributed by atoms with E-state index < -0.39 is 233 Å². The van der Waals surface area contributed by atoms with Gasteiger partial charge in [-0.15, -0.1) is 0 Å². The SMILES string of the molecule is [2H]c1c([2H])c([2H])c(-c2ccc3c(c2)N(c2ccc(C(C)(C)C)cc2-c2nc(-c4ccccc4)nc(-c4ccccc4)n2)c2cc(-n4c5c([2H])c([2H])c([2H])c([2H])c5c5c([2H])c([2H])c([2H])c([2H])c54)cc4c2B3c2ccc(-n3c5c([2H])c([2H])c([2H])c([2H])c5c5c([2H])c([2H])c([2H])c([2H])c53)cc2N4c2ccc(C(C)(C)C)cc2-c2nc(-c3c([2H])c([2H])c([2H])c([2H])c3[2H])nc(-c3c([2H])c([2H])c([2H])c([2H])c3[2H])n2)c([2H])c1[2H]. The molecule has 14 aromatic carbocycles. The van der Waals surface area contributed by atoms with Gasteiger partial charge in [-0.1, -0.05) is 296 Å². The first kappa shape index (κ1) is 40.2. The fraction of sp³-hybridized carbons (Fsp3) is 0.0816. The van der Waals surface area contributed by atoms with E-state index in [9.17, 15) is 30.2 Å². The van der Waals surface area contributed by atoms with Crippen LogP contribution >= 0.6 is 0 Å². The molecule has 0 radical (unpaired) electrons. The second-order valence-electron chi connectivity index (χ2n) is 28.4. The van der Waals surface area contributed by atoms with Crippen molar-refractivity contribution in [3.05, 3.63) is 344 Å². The van der Waals surface area contributed by atoms with E-state index >= 15 is 0 Å². The molecule has 0 bridgehead atoms. The zero-order valence-electron chi connectivity index (χ0n) is 89.9. The van der Waals surface area contributed by atoms with E-state index in [2.05, 4.69) is 0 Å². The summed E-state index contributed by atoms with van der Waals surface area (Å²) in [5, 5.41) is -1.35. The van der Waals surface area contributed by atoms with Gasteiger partial charge in [-0.25, -0.2) is 29.9 Å². The monoisotopic (exact) mass is 1430 g/mol. The summed E-state index contributed by atoms with van der Waals surface area (Å²) in [6.45, 7) is 10.3. The second-order valence-corrected chi connectivity index (χ2v) is 28.4. The van der Waals surface area contributed by atoms with Gasteiger partial charge in [-0.2, -0.15) is 0 Å². The topological polar surface area (TPSA) is 93.7 Å². The lowest BCUT2D eigenvalue weighted by atomic mass is 9.33. The van der Waals surface area contributed by atoms with Gasteiger partial charge in [0.1, 0.15) is 0 Å². The Hall–Kier alpha value is -13.6. The zero-order chi connectivity index (χ0) is 100. The van der Waals surface area contributed by atoms with E-state index in [-0.39, 0.29) is 140 Å². The summed E-state index contributed by atoms with van der Waals surface area (Å²) in [5.74, 6) is -1.37. The van der Waals surface area contributed by atoms with Crippen molar-refractivity contribution in [2.75, 3.05) is 9.80 Å². The Morgan fingerprint density at radius 2 is 0.624 bits per heavy atom. The molecule has 6 heterocycles. The molecule has 4 aromatic heterocycles. The first-order chi connectivity index (χ1) is 66.2. The van der Waals surface area contributed by atoms with Gasteiger partial charge in [0, 0.05) is 83.4 Å². The third-order valence-corrected chi connectivity index (χ3v) is 19.9. The minimum Gasteiger partial charge on any atom is -0.311 e. The third kappa shape index (κ3) is 11.0. The molecule has 518 valence electrons. The van der Waals surface area contributed by atoms with Gasteiger partial charge in [0.2, 0.25) is 0 Å². The summed E-state index contributed by atoms with van der Waals surface area (Å²) in [6, 6.07) is 18.2. The largest absolute Gasteiger partial charge is 0.311 e. The lowest BCUT2D eigenvalue weighted by Crippen LogP contribution is -2.61. The van der Waals surface area contributed by atoms with E-state index in [0.29, 0.717) is 27.7 Å². The van der Waals surface area contributed by atoms with Crippen molar-refractivity contribution < 1.29 is 42.5 Å². The molecule has 0 aliphatic carbocycles. The highest BCUT2D eigenvalue weighted by Gasteiger charge is 2.46. The molecule has 2 aliphatic rings. The molecule has 0 atom stereocenters. The highest BCUT2D eigenvalue weighted by Crippen LogP contribution is 2.52. The molecule has 0 saturated heterocycles. The first-order valence-corrected chi connectivity index (χ1v) is 34.9. The van der Waals surface area contributed by atoms with Crippen molar-refractivity contribution in [2.45, 2.75) is 52.4 Å². The maximum Gasteiger partial charge on any atom is 0.252 e. The number of nitrogens with zero attached hydrogens (tertiary/aromatic N) is 10. The molecule has 18 aromatic rings. The van der Waals surface area contributed by atoms with Crippen LogP contribution in [0.5, 0.6) is 0 Å². The number of anilines is 6. The molecule has 0 amide bonds. The molecular formula is C98H73BN10. The van der Waals surface area contributed by atoms with Crippen LogP contribution in [0.3, 0.4) is 0 Å². The highest BCUT2D eigenvalue weighted by molar-refractivity contribution is 7.00. The van der Waals surface area contributed by atoms with E-state index in [1.807, 2.05) is 125 Å². The molecule has 2 aliphatic heterocycles. The Labute approximate surface area is 677 Å². The summed E-state index contributed by atoms with van der Waals surface area (Å²) < 4.78 is 296. The number of hydrogen-bond donors (Lipinski definition) is 0. The van der Waals surface area contributed by atoms with Gasteiger partial charge in [0.25, 0.3) is 6.71 Å². The fourth-order valence-corrected chi connectivity index (χ4v) is 14.8. The van der Waals surface area contributed by atoms with Gasteiger partial charge < -0.3 is 18.9 Å². The molecule has 0 spiro atoms. The Kier molecular flexibility index (Phi) is 9.43. The molecule has 0 saturated carbocycles. The van der Waals surface area contributed by atoms with Gasteiger partial charge >= 0.3 is 0 Å². The Bertz CT molecular complexity index is 8250. The second kappa shape index (κ2) is 25.6. The molecule has 0 N–H and O–H groups in total. The van der Waals surface area contributed by atoms with Gasteiger partial charge in [0.15, 0.2) is 34.9 Å². The van der Waals surface area contributed by atoms with Gasteiger partial charge in [-0.05, 0) is 128 Å². The van der Waals surface area contributed by atoms with Crippen LogP contribution in [-0.2, 0) is 10.8 Å². The lowest BCUT2D eigenvalue weighted by molar-refractivity contribution is 0.590. The van der Waals surface area contributed by atoms with Gasteiger partial charge in [-0.3, -0.25) is 0 Å². The van der Waals surface area contributed by atoms with Crippen molar-refractivity contribution in [3.63, 3.8) is 0 Å². The van der Waals surface area contributed by atoms with Crippen molar-refractivity contribution in [3.8, 4) is 90.8 Å². The fourth-order valence-electron chi connectivity index (χ4n) is 14.8. The average molecular weight is 1430 g/mol. The van der Waals surface area contributed by atoms with Crippen LogP contribution < -0.4 is 26.2 Å². The van der Waals surface area contributed by atoms with Crippen molar-refractivity contribution in [1.82, 2.24) is 39.0 Å². The lowest BCUT2D eigenvalue weighted by Gasteiger charge is -2.45. The van der Waals surface area contributed by atoms with Crippen LogP contribution in [0.15, 0.2) is 333 Å². The number of fused-ring (bicyclic) bond motifs is 10. The Morgan fingerprint density at radius 1 is 0.275 bits per heavy atom. The standard InChI is InChI=1S/C98H73BN10/c1-97(2,3)68-49-54-84(76(57-68)95-102-91(63-32-14-8-15-33-63)100-92(103-95)64-34-16-9-17-35-64)108-86-56-67(62-30-12-7-13-31-62)48-52-78(86)99-79-53-51-70(106-80-44-26-22-40-72(80)73-41-23-27-45-81(73)106)59-87(79)109(89-61-71(60-88(108)90(89)99)107-82-46-28-24-42-74(82)75-43-25-29-47-83(75)107)85-55-50-69(98(4,5)6)58-77(85)96-104-93(65-36-18-10-19-37-65)101-94(105-96)66-38-20-11-21-39-66/h7-61H,1-6H3/i7D,10D,11D,12D,13D,18D,19D,20D,21D,22D,23D,24D,25D,26D,27D,28D,29D,30D,31D,36D,37D,38D,39D,40D,41D,42D,43D,44D,45D,46D,47D. The quantitative estimate of drug-likeness (QED) is 0.118. The van der Waals surface area contributed by atoms with Crippen LogP contribution in [0.25, 0.3) is 134 Å². The van der Waals surface area contributed by atoms with Crippen molar-refractivity contribution in [1.29, 1.82) is 0 Å². The summed E-state index contributed by atoms with van der Waals surface area (Å²) in [5.41, 5.74) is -0.931. The molecule has 0 fully saturated rings. The Balaban J connectivity index is 1.04. The first-order valence-electron chi connectivity index (χ1n) is 50.4. The van der Waals surface area contributed by atoms with Crippen LogP contribution in [0.1, 0.15) is 95.2 Å². The predicted molar refractivity (Wildman–Crippen MR) is 451 cm³/mol. The van der Waals surface area contributed by atoms with E-state index in [4.69, 9.17) is 42.2 Å². The molecule has 11 heteroatoms. The molecular weight excluding hydrogens is 1330 g/mol. The average Bonchev–Trinajstić information content (AvgIpc) is 1.41. The molecule has 0 unspecified atom stereocenters. The maximum absolute atomic E-state index is 10.2. The number of para-hydroxylation sites is 4. The van der Waals surface area contributed by atoms with Gasteiger partial charge in [0.05, 0.1) is 81.6 Å². The normalized spacial score (nSPS) is 16.6. The maximum atomic E-state index is 10.2. The van der Waals surface area contributed by atoms with E-state index in [1.54, 1.807) is 71.6 Å². The summed E-state index contributed by atoms with van der Waals surface area (Å²) in [7, 11) is 0.